The van der Waals surface area contributed by atoms with Crippen molar-refractivity contribution >= 4 is 11.8 Å². The van der Waals surface area contributed by atoms with Crippen molar-refractivity contribution in [3.8, 4) is 0 Å². The predicted octanol–water partition coefficient (Wildman–Crippen LogP) is 2.41. The van der Waals surface area contributed by atoms with E-state index in [1.807, 2.05) is 13.8 Å². The second-order valence-corrected chi connectivity index (χ2v) is 11.0. The number of hydrogen-bond acceptors (Lipinski definition) is 6. The predicted molar refractivity (Wildman–Crippen MR) is 115 cm³/mol. The number of carbonyl (C=O) groups excluding carboxylic acids is 2. The molecule has 0 aromatic carbocycles. The van der Waals surface area contributed by atoms with Crippen LogP contribution in [0, 0.1) is 40.4 Å². The van der Waals surface area contributed by atoms with Gasteiger partial charge in [0.05, 0.1) is 17.9 Å². The molecule has 0 amide bonds. The summed E-state index contributed by atoms with van der Waals surface area (Å²) in [5, 5.41) is 33.7. The third kappa shape index (κ3) is 2.67. The first-order valence-corrected chi connectivity index (χ1v) is 11.6. The fourth-order valence-electron chi connectivity index (χ4n) is 6.99. The van der Waals surface area contributed by atoms with Gasteiger partial charge in [-0.2, -0.15) is 0 Å². The van der Waals surface area contributed by atoms with Gasteiger partial charge >= 0.3 is 5.97 Å². The lowest BCUT2D eigenvalue weighted by molar-refractivity contribution is -0.205. The number of esters is 1. The Balaban J connectivity index is 1.89. The molecule has 2 fully saturated rings. The van der Waals surface area contributed by atoms with Gasteiger partial charge in [0, 0.05) is 5.92 Å². The number of Topliss-reactive ketones (excluding diaryl/α,β-unsaturated/α-hetero) is 1. The smallest absolute Gasteiger partial charge is 0.309 e. The molecule has 2 saturated carbocycles. The van der Waals surface area contributed by atoms with Crippen molar-refractivity contribution < 1.29 is 29.6 Å². The van der Waals surface area contributed by atoms with E-state index in [-0.39, 0.29) is 34.5 Å². The van der Waals surface area contributed by atoms with Crippen LogP contribution in [0.25, 0.3) is 0 Å². The zero-order valence-electron chi connectivity index (χ0n) is 19.4. The molecule has 2 bridgehead atoms. The number of hydrogen-bond donors (Lipinski definition) is 3. The molecule has 6 nitrogen and oxygen atoms in total. The average Bonchev–Trinajstić information content (AvgIpc) is 3.21. The van der Waals surface area contributed by atoms with Gasteiger partial charge in [-0.15, -0.1) is 0 Å². The maximum absolute atomic E-state index is 14.2. The first kappa shape index (κ1) is 22.7. The van der Waals surface area contributed by atoms with E-state index < -0.39 is 41.7 Å². The standard InChI is InChI=1S/C25H36O6/c1-7-12(2)22(29)31-21-13(3)10-24-14(4)8-17-18(23(17,5)6)16(20(24)28)9-15(11-26)19(27)25(21,24)30/h9-10,12,14,16-19,21,26-27,30H,7-8,11H2,1-6H3/t12?,14-,16+,17-,18+,19-,21+,24+,25+/m1/s1. The van der Waals surface area contributed by atoms with Gasteiger partial charge in [0.25, 0.3) is 0 Å². The molecule has 6 heteroatoms. The van der Waals surface area contributed by atoms with E-state index >= 15 is 0 Å². The second-order valence-electron chi connectivity index (χ2n) is 11.0. The molecule has 1 spiro atoms. The number of allylic oxidation sites excluding steroid dienone is 1. The summed E-state index contributed by atoms with van der Waals surface area (Å²) in [5.74, 6) is -1.30. The lowest BCUT2D eigenvalue weighted by atomic mass is 9.59. The van der Waals surface area contributed by atoms with Crippen LogP contribution in [0.15, 0.2) is 23.3 Å². The Morgan fingerprint density at radius 1 is 1.35 bits per heavy atom. The zero-order valence-corrected chi connectivity index (χ0v) is 19.4. The highest BCUT2D eigenvalue weighted by Gasteiger charge is 2.76. The summed E-state index contributed by atoms with van der Waals surface area (Å²) >= 11 is 0. The molecule has 0 saturated heterocycles. The van der Waals surface area contributed by atoms with E-state index in [1.54, 1.807) is 26.0 Å². The summed E-state index contributed by atoms with van der Waals surface area (Å²) < 4.78 is 5.79. The minimum Gasteiger partial charge on any atom is -0.454 e. The summed E-state index contributed by atoms with van der Waals surface area (Å²) in [5.41, 5.74) is -2.64. The number of ether oxygens (including phenoxy) is 1. The van der Waals surface area contributed by atoms with Gasteiger partial charge in [0.1, 0.15) is 6.10 Å². The average molecular weight is 433 g/mol. The molecule has 0 aromatic heterocycles. The van der Waals surface area contributed by atoms with Crippen LogP contribution < -0.4 is 0 Å². The Labute approximate surface area is 184 Å². The first-order chi connectivity index (χ1) is 14.4. The van der Waals surface area contributed by atoms with E-state index in [0.717, 1.165) is 6.42 Å². The normalized spacial score (nSPS) is 46.0. The largest absolute Gasteiger partial charge is 0.454 e. The van der Waals surface area contributed by atoms with Crippen LogP contribution in [0.5, 0.6) is 0 Å². The lowest BCUT2D eigenvalue weighted by Crippen LogP contribution is -2.66. The third-order valence-electron chi connectivity index (χ3n) is 9.15. The molecule has 4 aliphatic carbocycles. The van der Waals surface area contributed by atoms with Crippen LogP contribution in [-0.4, -0.2) is 51.5 Å². The van der Waals surface area contributed by atoms with Crippen LogP contribution in [-0.2, 0) is 14.3 Å². The number of ketones is 1. The van der Waals surface area contributed by atoms with Crippen LogP contribution in [0.4, 0.5) is 0 Å². The van der Waals surface area contributed by atoms with Gasteiger partial charge in [0.15, 0.2) is 17.5 Å². The summed E-state index contributed by atoms with van der Waals surface area (Å²) in [6, 6.07) is 0. The number of carbonyl (C=O) groups is 2. The summed E-state index contributed by atoms with van der Waals surface area (Å²) in [6.45, 7) is 11.2. The first-order valence-electron chi connectivity index (χ1n) is 11.6. The highest BCUT2D eigenvalue weighted by atomic mass is 16.6. The Morgan fingerprint density at radius 2 is 2.00 bits per heavy atom. The van der Waals surface area contributed by atoms with Gasteiger partial charge in [-0.3, -0.25) is 9.59 Å². The number of fused-ring (bicyclic) bond motifs is 3. The van der Waals surface area contributed by atoms with Crippen LogP contribution in [0.3, 0.4) is 0 Å². The van der Waals surface area contributed by atoms with Gasteiger partial charge in [-0.1, -0.05) is 46.8 Å². The Morgan fingerprint density at radius 3 is 2.58 bits per heavy atom. The molecule has 172 valence electrons. The molecule has 0 aromatic rings. The molecule has 9 atom stereocenters. The topological polar surface area (TPSA) is 104 Å². The van der Waals surface area contributed by atoms with E-state index in [1.165, 1.54) is 0 Å². The van der Waals surface area contributed by atoms with Crippen molar-refractivity contribution in [1.82, 2.24) is 0 Å². The number of rotatable bonds is 4. The highest BCUT2D eigenvalue weighted by Crippen LogP contribution is 2.71. The second kappa shape index (κ2) is 7.00. The summed E-state index contributed by atoms with van der Waals surface area (Å²) in [6.07, 6.45) is 2.11. The fraction of sp³-hybridized carbons (Fsp3) is 0.760. The molecule has 4 aliphatic rings. The monoisotopic (exact) mass is 432 g/mol. The number of aliphatic hydroxyl groups excluding tert-OH is 2. The Bertz CT molecular complexity index is 871. The molecular weight excluding hydrogens is 396 g/mol. The van der Waals surface area contributed by atoms with E-state index in [4.69, 9.17) is 4.74 Å². The lowest BCUT2D eigenvalue weighted by Gasteiger charge is -2.48. The van der Waals surface area contributed by atoms with Crippen molar-refractivity contribution in [2.24, 2.45) is 40.4 Å². The van der Waals surface area contributed by atoms with Crippen molar-refractivity contribution in [3.05, 3.63) is 23.3 Å². The summed E-state index contributed by atoms with van der Waals surface area (Å²) in [4.78, 5) is 26.9. The molecule has 4 rings (SSSR count). The SMILES string of the molecule is CCC(C)C(=O)O[C@H]1C(C)=C[C@]23C(=O)[C@@H](C=C(CO)[C@@H](O)[C@]12O)[C@H]1[C@@H](C[C@H]3C)C1(C)C. The van der Waals surface area contributed by atoms with Gasteiger partial charge in [-0.25, -0.2) is 0 Å². The molecule has 1 unspecified atom stereocenters. The van der Waals surface area contributed by atoms with Gasteiger partial charge in [-0.05, 0) is 54.1 Å². The van der Waals surface area contributed by atoms with E-state index in [0.29, 0.717) is 17.9 Å². The van der Waals surface area contributed by atoms with Crippen molar-refractivity contribution in [2.75, 3.05) is 6.61 Å². The quantitative estimate of drug-likeness (QED) is 0.466. The highest BCUT2D eigenvalue weighted by molar-refractivity contribution is 5.95. The van der Waals surface area contributed by atoms with Crippen molar-refractivity contribution in [3.63, 3.8) is 0 Å². The number of aliphatic hydroxyl groups is 3. The van der Waals surface area contributed by atoms with E-state index in [9.17, 15) is 24.9 Å². The molecule has 0 radical (unpaired) electrons. The molecule has 0 heterocycles. The van der Waals surface area contributed by atoms with Crippen LogP contribution >= 0.6 is 0 Å². The van der Waals surface area contributed by atoms with Crippen LogP contribution in [0.2, 0.25) is 0 Å². The minimum absolute atomic E-state index is 0.0134. The maximum Gasteiger partial charge on any atom is 0.309 e. The molecule has 0 aliphatic heterocycles. The van der Waals surface area contributed by atoms with Crippen LogP contribution in [0.1, 0.15) is 54.4 Å². The zero-order chi connectivity index (χ0) is 23.1. The van der Waals surface area contributed by atoms with E-state index in [2.05, 4.69) is 13.8 Å². The Kier molecular flexibility index (Phi) is 5.12. The summed E-state index contributed by atoms with van der Waals surface area (Å²) in [7, 11) is 0. The maximum atomic E-state index is 14.2. The van der Waals surface area contributed by atoms with Gasteiger partial charge in [0.2, 0.25) is 0 Å². The Hall–Kier alpha value is -1.50. The molecule has 3 N–H and O–H groups in total. The van der Waals surface area contributed by atoms with Crippen molar-refractivity contribution in [1.29, 1.82) is 0 Å². The fourth-order valence-corrected chi connectivity index (χ4v) is 6.99. The minimum atomic E-state index is -2.05. The molecular formula is C25H36O6. The van der Waals surface area contributed by atoms with Crippen molar-refractivity contribution in [2.45, 2.75) is 72.2 Å². The molecule has 31 heavy (non-hydrogen) atoms. The third-order valence-corrected chi connectivity index (χ3v) is 9.15. The van der Waals surface area contributed by atoms with Gasteiger partial charge < -0.3 is 20.1 Å².